The number of likely N-dealkylation sites (tertiary alicyclic amines) is 1. The molecule has 1 N–H and O–H groups in total. The van der Waals surface area contributed by atoms with Gasteiger partial charge in [-0.05, 0) is 50.2 Å². The van der Waals surface area contributed by atoms with Crippen LogP contribution < -0.4 is 5.32 Å². The van der Waals surface area contributed by atoms with Gasteiger partial charge in [-0.25, -0.2) is 0 Å². The Kier molecular flexibility index (Phi) is 6.20. The van der Waals surface area contributed by atoms with Crippen molar-refractivity contribution in [2.45, 2.75) is 52.5 Å². The van der Waals surface area contributed by atoms with Gasteiger partial charge in [-0.15, -0.1) is 0 Å². The summed E-state index contributed by atoms with van der Waals surface area (Å²) in [4.78, 5) is 27.3. The minimum Gasteiger partial charge on any atom is -0.341 e. The molecule has 0 aromatic heterocycles. The Balaban J connectivity index is 2.10. The number of carbonyl (C=O) groups excluding carboxylic acids is 2. The van der Waals surface area contributed by atoms with E-state index in [1.807, 2.05) is 36.1 Å². The fourth-order valence-corrected chi connectivity index (χ4v) is 3.09. The van der Waals surface area contributed by atoms with Gasteiger partial charge in [0.15, 0.2) is 0 Å². The Morgan fingerprint density at radius 3 is 2.39 bits per heavy atom. The number of nitrogens with one attached hydrogen (secondary N) is 1. The molecule has 0 aliphatic carbocycles. The third kappa shape index (κ3) is 4.81. The van der Waals surface area contributed by atoms with Crippen LogP contribution in [-0.4, -0.2) is 35.8 Å². The normalized spacial score (nSPS) is 16.3. The Labute approximate surface area is 139 Å². The van der Waals surface area contributed by atoms with Crippen molar-refractivity contribution in [3.8, 4) is 0 Å². The second kappa shape index (κ2) is 8.14. The molecule has 2 rings (SSSR count). The summed E-state index contributed by atoms with van der Waals surface area (Å²) in [7, 11) is 0. The molecular formula is C19H28N2O2. The number of benzene rings is 1. The van der Waals surface area contributed by atoms with Gasteiger partial charge in [-0.2, -0.15) is 0 Å². The summed E-state index contributed by atoms with van der Waals surface area (Å²) < 4.78 is 0. The first-order valence-electron chi connectivity index (χ1n) is 8.64. The summed E-state index contributed by atoms with van der Waals surface area (Å²) in [5, 5.41) is 2.97. The number of aryl methyl sites for hydroxylation is 1. The molecule has 23 heavy (non-hydrogen) atoms. The van der Waals surface area contributed by atoms with Crippen molar-refractivity contribution < 1.29 is 9.59 Å². The highest BCUT2D eigenvalue weighted by atomic mass is 16.2. The number of carbonyl (C=O) groups is 2. The molecule has 1 saturated heterocycles. The van der Waals surface area contributed by atoms with E-state index in [0.717, 1.165) is 31.5 Å². The highest BCUT2D eigenvalue weighted by molar-refractivity contribution is 5.98. The molecule has 4 heteroatoms. The summed E-state index contributed by atoms with van der Waals surface area (Å²) in [5.41, 5.74) is 1.58. The zero-order chi connectivity index (χ0) is 16.8. The van der Waals surface area contributed by atoms with Crippen molar-refractivity contribution in [1.82, 2.24) is 10.2 Å². The van der Waals surface area contributed by atoms with E-state index in [-0.39, 0.29) is 11.8 Å². The predicted octanol–water partition coefficient (Wildman–Crippen LogP) is 3.15. The second-order valence-corrected chi connectivity index (χ2v) is 6.86. The zero-order valence-corrected chi connectivity index (χ0v) is 14.5. The number of amides is 2. The molecule has 2 amide bonds. The summed E-state index contributed by atoms with van der Waals surface area (Å²) in [6, 6.07) is 7.06. The molecule has 1 fully saturated rings. The first-order chi connectivity index (χ1) is 11.0. The van der Waals surface area contributed by atoms with E-state index in [2.05, 4.69) is 19.2 Å². The van der Waals surface area contributed by atoms with Gasteiger partial charge < -0.3 is 10.2 Å². The Morgan fingerprint density at radius 1 is 1.13 bits per heavy atom. The average Bonchev–Trinajstić information content (AvgIpc) is 2.54. The van der Waals surface area contributed by atoms with Crippen LogP contribution in [-0.2, 0) is 4.79 Å². The zero-order valence-electron chi connectivity index (χ0n) is 14.5. The lowest BCUT2D eigenvalue weighted by molar-refractivity contribution is -0.134. The monoisotopic (exact) mass is 316 g/mol. The Morgan fingerprint density at radius 2 is 1.78 bits per heavy atom. The lowest BCUT2D eigenvalue weighted by atomic mass is 10.00. The molecule has 1 aromatic carbocycles. The molecule has 4 nitrogen and oxygen atoms in total. The van der Waals surface area contributed by atoms with Crippen LogP contribution in [0.3, 0.4) is 0 Å². The summed E-state index contributed by atoms with van der Waals surface area (Å²) in [6.07, 6.45) is 3.99. The summed E-state index contributed by atoms with van der Waals surface area (Å²) in [6.45, 7) is 7.70. The molecule has 0 saturated carbocycles. The van der Waals surface area contributed by atoms with E-state index in [9.17, 15) is 9.59 Å². The van der Waals surface area contributed by atoms with E-state index in [1.54, 1.807) is 0 Å². The van der Waals surface area contributed by atoms with Crippen molar-refractivity contribution in [3.63, 3.8) is 0 Å². The maximum atomic E-state index is 12.8. The van der Waals surface area contributed by atoms with Crippen molar-refractivity contribution in [3.05, 3.63) is 35.4 Å². The van der Waals surface area contributed by atoms with Crippen LogP contribution in [0.25, 0.3) is 0 Å². The van der Waals surface area contributed by atoms with Gasteiger partial charge in [0.25, 0.3) is 5.91 Å². The van der Waals surface area contributed by atoms with E-state index in [1.165, 1.54) is 6.42 Å². The predicted molar refractivity (Wildman–Crippen MR) is 92.3 cm³/mol. The van der Waals surface area contributed by atoms with Gasteiger partial charge >= 0.3 is 0 Å². The van der Waals surface area contributed by atoms with E-state index in [0.29, 0.717) is 17.9 Å². The molecule has 1 aromatic rings. The standard InChI is InChI=1S/C19H28N2O2/c1-14(2)13-17(19(23)21-11-7-4-8-12-21)20-18(22)16-10-6-5-9-15(16)3/h5-6,9-10,14,17H,4,7-8,11-13H2,1-3H3,(H,20,22). The van der Waals surface area contributed by atoms with E-state index < -0.39 is 6.04 Å². The van der Waals surface area contributed by atoms with Gasteiger partial charge in [0.1, 0.15) is 6.04 Å². The summed E-state index contributed by atoms with van der Waals surface area (Å²) >= 11 is 0. The largest absolute Gasteiger partial charge is 0.341 e. The minimum atomic E-state index is -0.430. The topological polar surface area (TPSA) is 49.4 Å². The quantitative estimate of drug-likeness (QED) is 0.907. The Bertz CT molecular complexity index is 548. The molecule has 126 valence electrons. The lowest BCUT2D eigenvalue weighted by Crippen LogP contribution is -2.50. The van der Waals surface area contributed by atoms with Crippen LogP contribution in [0.4, 0.5) is 0 Å². The lowest BCUT2D eigenvalue weighted by Gasteiger charge is -2.31. The van der Waals surface area contributed by atoms with Gasteiger partial charge in [0.2, 0.25) is 5.91 Å². The first kappa shape index (κ1) is 17.5. The highest BCUT2D eigenvalue weighted by Gasteiger charge is 2.28. The van der Waals surface area contributed by atoms with E-state index in [4.69, 9.17) is 0 Å². The van der Waals surface area contributed by atoms with Gasteiger partial charge in [-0.1, -0.05) is 32.0 Å². The van der Waals surface area contributed by atoms with Crippen LogP contribution in [0.15, 0.2) is 24.3 Å². The molecule has 1 unspecified atom stereocenters. The number of hydrogen-bond donors (Lipinski definition) is 1. The molecule has 1 aliphatic rings. The van der Waals surface area contributed by atoms with Crippen molar-refractivity contribution in [1.29, 1.82) is 0 Å². The van der Waals surface area contributed by atoms with E-state index >= 15 is 0 Å². The molecular weight excluding hydrogens is 288 g/mol. The SMILES string of the molecule is Cc1ccccc1C(=O)NC(CC(C)C)C(=O)N1CCCCC1. The first-order valence-corrected chi connectivity index (χ1v) is 8.64. The number of hydrogen-bond acceptors (Lipinski definition) is 2. The molecule has 1 atom stereocenters. The van der Waals surface area contributed by atoms with Crippen LogP contribution >= 0.6 is 0 Å². The highest BCUT2D eigenvalue weighted by Crippen LogP contribution is 2.15. The molecule has 0 spiro atoms. The van der Waals surface area contributed by atoms with Crippen LogP contribution in [0.2, 0.25) is 0 Å². The Hall–Kier alpha value is -1.84. The smallest absolute Gasteiger partial charge is 0.252 e. The van der Waals surface area contributed by atoms with Crippen molar-refractivity contribution in [2.24, 2.45) is 5.92 Å². The molecule has 0 bridgehead atoms. The van der Waals surface area contributed by atoms with Crippen LogP contribution in [0.1, 0.15) is 55.5 Å². The third-order valence-electron chi connectivity index (χ3n) is 4.37. The van der Waals surface area contributed by atoms with Gasteiger partial charge in [0, 0.05) is 18.7 Å². The van der Waals surface area contributed by atoms with Crippen molar-refractivity contribution in [2.75, 3.05) is 13.1 Å². The second-order valence-electron chi connectivity index (χ2n) is 6.86. The summed E-state index contributed by atoms with van der Waals surface area (Å²) in [5.74, 6) is 0.269. The maximum absolute atomic E-state index is 12.8. The molecule has 1 aliphatic heterocycles. The fourth-order valence-electron chi connectivity index (χ4n) is 3.09. The number of nitrogens with zero attached hydrogens (tertiary/aromatic N) is 1. The number of rotatable bonds is 5. The van der Waals surface area contributed by atoms with Crippen LogP contribution in [0.5, 0.6) is 0 Å². The maximum Gasteiger partial charge on any atom is 0.252 e. The third-order valence-corrected chi connectivity index (χ3v) is 4.37. The molecule has 0 radical (unpaired) electrons. The number of piperidine rings is 1. The van der Waals surface area contributed by atoms with Crippen molar-refractivity contribution >= 4 is 11.8 Å². The molecule has 1 heterocycles. The van der Waals surface area contributed by atoms with Crippen LogP contribution in [0, 0.1) is 12.8 Å². The fraction of sp³-hybridized carbons (Fsp3) is 0.579. The van der Waals surface area contributed by atoms with Gasteiger partial charge in [-0.3, -0.25) is 9.59 Å². The minimum absolute atomic E-state index is 0.0698. The van der Waals surface area contributed by atoms with Gasteiger partial charge in [0.05, 0.1) is 0 Å². The average molecular weight is 316 g/mol.